The fourth-order valence-corrected chi connectivity index (χ4v) is 5.74. The zero-order valence-corrected chi connectivity index (χ0v) is 18.1. The van der Waals surface area contributed by atoms with E-state index in [-0.39, 0.29) is 16.7 Å². The van der Waals surface area contributed by atoms with Gasteiger partial charge in [-0.3, -0.25) is 4.79 Å². The zero-order chi connectivity index (χ0) is 21.1. The summed E-state index contributed by atoms with van der Waals surface area (Å²) in [7, 11) is -2.04. The van der Waals surface area contributed by atoms with Crippen molar-refractivity contribution in [2.24, 2.45) is 5.92 Å². The molecule has 1 N–H and O–H groups in total. The molecule has 0 atom stereocenters. The Bertz CT molecular complexity index is 1010. The monoisotopic (exact) mass is 428 g/mol. The van der Waals surface area contributed by atoms with Crippen LogP contribution < -0.4 is 10.1 Å². The molecule has 2 aromatic carbocycles. The van der Waals surface area contributed by atoms with Crippen molar-refractivity contribution in [1.29, 1.82) is 0 Å². The molecule has 0 unspecified atom stereocenters. The molecular formula is C23H28N2O4S. The molecule has 2 aromatic rings. The molecule has 30 heavy (non-hydrogen) atoms. The lowest BCUT2D eigenvalue weighted by Crippen LogP contribution is -2.36. The van der Waals surface area contributed by atoms with Crippen molar-refractivity contribution in [2.45, 2.75) is 50.0 Å². The van der Waals surface area contributed by atoms with Crippen LogP contribution in [0, 0.1) is 5.92 Å². The van der Waals surface area contributed by atoms with Crippen molar-refractivity contribution in [3.05, 3.63) is 53.6 Å². The molecule has 0 spiro atoms. The van der Waals surface area contributed by atoms with Crippen LogP contribution in [-0.4, -0.2) is 32.3 Å². The highest BCUT2D eigenvalue weighted by molar-refractivity contribution is 7.89. The van der Waals surface area contributed by atoms with E-state index in [1.165, 1.54) is 10.7 Å². The second-order valence-corrected chi connectivity index (χ2v) is 10.0. The summed E-state index contributed by atoms with van der Waals surface area (Å²) in [4.78, 5) is 12.8. The minimum atomic E-state index is -3.59. The number of hydrogen-bond donors (Lipinski definition) is 1. The molecule has 0 radical (unpaired) electrons. The molecular weight excluding hydrogens is 400 g/mol. The molecule has 6 nitrogen and oxygen atoms in total. The van der Waals surface area contributed by atoms with Gasteiger partial charge in [0.15, 0.2) is 0 Å². The summed E-state index contributed by atoms with van der Waals surface area (Å²) in [6, 6.07) is 12.3. The van der Waals surface area contributed by atoms with Gasteiger partial charge in [-0.2, -0.15) is 4.31 Å². The number of fused-ring (bicyclic) bond motifs is 1. The quantitative estimate of drug-likeness (QED) is 0.782. The van der Waals surface area contributed by atoms with E-state index < -0.39 is 10.0 Å². The summed E-state index contributed by atoms with van der Waals surface area (Å²) in [6.45, 7) is 0.742. The average Bonchev–Trinajstić information content (AvgIpc) is 2.79. The molecule has 1 fully saturated rings. The number of methoxy groups -OCH3 is 1. The fraction of sp³-hybridized carbons (Fsp3) is 0.435. The third kappa shape index (κ3) is 4.37. The summed E-state index contributed by atoms with van der Waals surface area (Å²) in [5.74, 6) is 0.784. The molecule has 1 saturated carbocycles. The molecule has 1 aliphatic carbocycles. The van der Waals surface area contributed by atoms with Gasteiger partial charge >= 0.3 is 0 Å². The third-order valence-electron chi connectivity index (χ3n) is 6.12. The van der Waals surface area contributed by atoms with Crippen LogP contribution in [0.5, 0.6) is 5.75 Å². The Kier molecular flexibility index (Phi) is 6.11. The van der Waals surface area contributed by atoms with E-state index in [1.807, 2.05) is 18.2 Å². The Morgan fingerprint density at radius 3 is 2.47 bits per heavy atom. The highest BCUT2D eigenvalue weighted by Crippen LogP contribution is 2.29. The lowest BCUT2D eigenvalue weighted by molar-refractivity contribution is -0.120. The van der Waals surface area contributed by atoms with Crippen molar-refractivity contribution in [2.75, 3.05) is 19.0 Å². The highest BCUT2D eigenvalue weighted by Gasteiger charge is 2.29. The lowest BCUT2D eigenvalue weighted by Gasteiger charge is -2.29. The number of amides is 1. The molecule has 4 rings (SSSR count). The molecule has 2 aliphatic rings. The van der Waals surface area contributed by atoms with Crippen molar-refractivity contribution < 1.29 is 17.9 Å². The molecule has 0 saturated heterocycles. The fourth-order valence-electron chi connectivity index (χ4n) is 4.32. The van der Waals surface area contributed by atoms with Gasteiger partial charge in [0.2, 0.25) is 15.9 Å². The SMILES string of the molecule is COc1ccc(S(=O)(=O)N2CCc3ccc(NC(=O)C4CCCCC4)cc3C2)cc1. The molecule has 1 heterocycles. The van der Waals surface area contributed by atoms with Gasteiger partial charge in [-0.25, -0.2) is 8.42 Å². The topological polar surface area (TPSA) is 75.7 Å². The molecule has 1 amide bonds. The summed E-state index contributed by atoms with van der Waals surface area (Å²) in [6.07, 6.45) is 5.99. The molecule has 1 aliphatic heterocycles. The van der Waals surface area contributed by atoms with Gasteiger partial charge in [0, 0.05) is 24.7 Å². The van der Waals surface area contributed by atoms with Crippen molar-refractivity contribution in [3.63, 3.8) is 0 Å². The van der Waals surface area contributed by atoms with Crippen LogP contribution >= 0.6 is 0 Å². The summed E-state index contributed by atoms with van der Waals surface area (Å²) < 4.78 is 32.8. The summed E-state index contributed by atoms with van der Waals surface area (Å²) in [5, 5.41) is 3.04. The van der Waals surface area contributed by atoms with Crippen LogP contribution in [-0.2, 0) is 27.8 Å². The Morgan fingerprint density at radius 2 is 1.77 bits per heavy atom. The number of nitrogens with zero attached hydrogens (tertiary/aromatic N) is 1. The van der Waals surface area contributed by atoms with Crippen molar-refractivity contribution >= 4 is 21.6 Å². The van der Waals surface area contributed by atoms with Crippen molar-refractivity contribution in [1.82, 2.24) is 4.31 Å². The van der Waals surface area contributed by atoms with Crippen LogP contribution in [0.15, 0.2) is 47.4 Å². The van der Waals surface area contributed by atoms with E-state index in [1.54, 1.807) is 31.4 Å². The van der Waals surface area contributed by atoms with Crippen molar-refractivity contribution in [3.8, 4) is 5.75 Å². The van der Waals surface area contributed by atoms with Crippen LogP contribution in [0.1, 0.15) is 43.2 Å². The predicted molar refractivity (Wildman–Crippen MR) is 116 cm³/mol. The Morgan fingerprint density at radius 1 is 1.03 bits per heavy atom. The number of anilines is 1. The number of carbonyl (C=O) groups excluding carboxylic acids is 1. The van der Waals surface area contributed by atoms with E-state index in [0.717, 1.165) is 42.5 Å². The molecule has 0 aromatic heterocycles. The Hall–Kier alpha value is -2.38. The van der Waals surface area contributed by atoms with Gasteiger partial charge in [0.05, 0.1) is 12.0 Å². The number of ether oxygens (including phenoxy) is 1. The Balaban J connectivity index is 1.49. The van der Waals surface area contributed by atoms with E-state index >= 15 is 0 Å². The van der Waals surface area contributed by atoms with Gasteiger partial charge in [-0.15, -0.1) is 0 Å². The van der Waals surface area contributed by atoms with Gasteiger partial charge < -0.3 is 10.1 Å². The van der Waals surface area contributed by atoms with E-state index in [2.05, 4.69) is 5.32 Å². The smallest absolute Gasteiger partial charge is 0.243 e. The maximum atomic E-state index is 13.1. The number of hydrogen-bond acceptors (Lipinski definition) is 4. The number of benzene rings is 2. The maximum Gasteiger partial charge on any atom is 0.243 e. The minimum Gasteiger partial charge on any atom is -0.497 e. The number of sulfonamides is 1. The van der Waals surface area contributed by atoms with E-state index in [0.29, 0.717) is 25.3 Å². The van der Waals surface area contributed by atoms with Crippen LogP contribution in [0.25, 0.3) is 0 Å². The molecule has 160 valence electrons. The first-order valence-corrected chi connectivity index (χ1v) is 12.0. The highest BCUT2D eigenvalue weighted by atomic mass is 32.2. The van der Waals surface area contributed by atoms with Gasteiger partial charge in [-0.05, 0) is 66.8 Å². The number of rotatable bonds is 5. The first-order chi connectivity index (χ1) is 14.5. The van der Waals surface area contributed by atoms with E-state index in [4.69, 9.17) is 4.74 Å². The predicted octanol–water partition coefficient (Wildman–Crippen LogP) is 3.96. The normalized spacial score (nSPS) is 17.9. The average molecular weight is 429 g/mol. The maximum absolute atomic E-state index is 13.1. The first kappa shape index (κ1) is 20.9. The third-order valence-corrected chi connectivity index (χ3v) is 7.98. The van der Waals surface area contributed by atoms with Gasteiger partial charge in [0.25, 0.3) is 0 Å². The zero-order valence-electron chi connectivity index (χ0n) is 17.3. The number of nitrogens with one attached hydrogen (secondary N) is 1. The first-order valence-electron chi connectivity index (χ1n) is 10.5. The van der Waals surface area contributed by atoms with Crippen LogP contribution in [0.4, 0.5) is 5.69 Å². The minimum absolute atomic E-state index is 0.0770. The lowest BCUT2D eigenvalue weighted by atomic mass is 9.88. The van der Waals surface area contributed by atoms with Crippen LogP contribution in [0.2, 0.25) is 0 Å². The van der Waals surface area contributed by atoms with Gasteiger partial charge in [-0.1, -0.05) is 25.3 Å². The summed E-state index contributed by atoms with van der Waals surface area (Å²) >= 11 is 0. The number of carbonyl (C=O) groups is 1. The molecule has 7 heteroatoms. The summed E-state index contributed by atoms with van der Waals surface area (Å²) in [5.41, 5.74) is 2.82. The largest absolute Gasteiger partial charge is 0.497 e. The second-order valence-electron chi connectivity index (χ2n) is 8.07. The molecule has 0 bridgehead atoms. The standard InChI is InChI=1S/C23H28N2O4S/c1-29-21-9-11-22(12-10-21)30(27,28)25-14-13-17-7-8-20(15-19(17)16-25)24-23(26)18-5-3-2-4-6-18/h7-12,15,18H,2-6,13-14,16H2,1H3,(H,24,26). The Labute approximate surface area is 178 Å². The second kappa shape index (κ2) is 8.78. The van der Waals surface area contributed by atoms with E-state index in [9.17, 15) is 13.2 Å². The van der Waals surface area contributed by atoms with Crippen LogP contribution in [0.3, 0.4) is 0 Å². The van der Waals surface area contributed by atoms with Gasteiger partial charge in [0.1, 0.15) is 5.75 Å².